The van der Waals surface area contributed by atoms with Gasteiger partial charge in [-0.1, -0.05) is 18.5 Å². The van der Waals surface area contributed by atoms with Gasteiger partial charge >= 0.3 is 5.97 Å². The number of carbonyl (C=O) groups is 1. The lowest BCUT2D eigenvalue weighted by atomic mass is 9.96. The molecule has 0 aliphatic carbocycles. The molecule has 1 aliphatic rings. The third kappa shape index (κ3) is 2.93. The monoisotopic (exact) mass is 332 g/mol. The van der Waals surface area contributed by atoms with Crippen LogP contribution in [0.25, 0.3) is 0 Å². The van der Waals surface area contributed by atoms with Crippen LogP contribution >= 0.6 is 11.6 Å². The Balaban J connectivity index is 2.70. The third-order valence-electron chi connectivity index (χ3n) is 3.58. The number of fused-ring (bicyclic) bond motifs is 1. The van der Waals surface area contributed by atoms with Gasteiger partial charge in [-0.25, -0.2) is 13.2 Å². The second-order valence-electron chi connectivity index (χ2n) is 5.05. The van der Waals surface area contributed by atoms with Crippen molar-refractivity contribution in [2.24, 2.45) is 0 Å². The first-order valence-electron chi connectivity index (χ1n) is 6.70. The minimum absolute atomic E-state index is 0.0148. The van der Waals surface area contributed by atoms with E-state index in [4.69, 9.17) is 16.3 Å². The molecular weight excluding hydrogens is 316 g/mol. The Morgan fingerprint density at radius 1 is 1.52 bits per heavy atom. The van der Waals surface area contributed by atoms with Crippen molar-refractivity contribution in [1.29, 1.82) is 0 Å². The van der Waals surface area contributed by atoms with Crippen molar-refractivity contribution >= 4 is 27.4 Å². The van der Waals surface area contributed by atoms with Crippen LogP contribution in [0.4, 0.5) is 0 Å². The molecule has 0 fully saturated rings. The van der Waals surface area contributed by atoms with Gasteiger partial charge in [-0.3, -0.25) is 0 Å². The van der Waals surface area contributed by atoms with Crippen molar-refractivity contribution < 1.29 is 23.1 Å². The summed E-state index contributed by atoms with van der Waals surface area (Å²) in [4.78, 5) is 11.3. The van der Waals surface area contributed by atoms with Gasteiger partial charge in [-0.2, -0.15) is 0 Å². The fourth-order valence-electron chi connectivity index (χ4n) is 2.61. The predicted molar refractivity (Wildman–Crippen MR) is 78.8 cm³/mol. The van der Waals surface area contributed by atoms with Crippen molar-refractivity contribution in [3.63, 3.8) is 0 Å². The van der Waals surface area contributed by atoms with Crippen molar-refractivity contribution in [2.45, 2.75) is 37.7 Å². The molecule has 1 unspecified atom stereocenters. The van der Waals surface area contributed by atoms with Gasteiger partial charge in [0.2, 0.25) is 0 Å². The smallest absolute Gasteiger partial charge is 0.336 e. The van der Waals surface area contributed by atoms with Crippen LogP contribution in [0, 0.1) is 6.92 Å². The molecule has 0 amide bonds. The van der Waals surface area contributed by atoms with E-state index in [9.17, 15) is 18.3 Å². The number of aromatic carboxylic acids is 1. The van der Waals surface area contributed by atoms with E-state index in [0.29, 0.717) is 24.2 Å². The Morgan fingerprint density at radius 3 is 2.76 bits per heavy atom. The Morgan fingerprint density at radius 2 is 2.19 bits per heavy atom. The standard InChI is InChI=1S/C14H17ClO5S/c1-3-5-20-11-4-6-21(18,19)13-10(15)7-9(14(16)17)8(2)12(11)13/h7,11H,3-6H2,1-2H3,(H,16,17). The average molecular weight is 333 g/mol. The van der Waals surface area contributed by atoms with E-state index in [-0.39, 0.29) is 21.2 Å². The van der Waals surface area contributed by atoms with Crippen LogP contribution in [-0.4, -0.2) is 31.9 Å². The lowest BCUT2D eigenvalue weighted by molar-refractivity contribution is 0.0469. The summed E-state index contributed by atoms with van der Waals surface area (Å²) in [5, 5.41) is 9.19. The molecule has 1 aliphatic heterocycles. The Bertz CT molecular complexity index is 681. The van der Waals surface area contributed by atoms with Crippen LogP contribution in [0.2, 0.25) is 5.02 Å². The molecule has 1 heterocycles. The summed E-state index contributed by atoms with van der Waals surface area (Å²) in [5.41, 5.74) is 0.826. The van der Waals surface area contributed by atoms with Gasteiger partial charge in [0, 0.05) is 12.2 Å². The van der Waals surface area contributed by atoms with Crippen molar-refractivity contribution in [3.8, 4) is 0 Å². The van der Waals surface area contributed by atoms with E-state index in [1.165, 1.54) is 6.07 Å². The molecule has 1 N–H and O–H groups in total. The van der Waals surface area contributed by atoms with Gasteiger partial charge in [0.1, 0.15) is 0 Å². The molecule has 21 heavy (non-hydrogen) atoms. The zero-order valence-corrected chi connectivity index (χ0v) is 13.4. The summed E-state index contributed by atoms with van der Waals surface area (Å²) in [6, 6.07) is 1.21. The normalized spacial score (nSPS) is 20.0. The third-order valence-corrected chi connectivity index (χ3v) is 5.82. The molecule has 116 valence electrons. The van der Waals surface area contributed by atoms with Crippen molar-refractivity contribution in [1.82, 2.24) is 0 Å². The van der Waals surface area contributed by atoms with E-state index in [2.05, 4.69) is 0 Å². The van der Waals surface area contributed by atoms with Gasteiger partial charge in [0.05, 0.1) is 27.3 Å². The number of benzene rings is 1. The molecule has 1 aromatic carbocycles. The first-order chi connectivity index (χ1) is 9.79. The van der Waals surface area contributed by atoms with Crippen LogP contribution < -0.4 is 0 Å². The zero-order valence-electron chi connectivity index (χ0n) is 11.8. The van der Waals surface area contributed by atoms with Crippen LogP contribution in [0.15, 0.2) is 11.0 Å². The Labute approximate surface area is 128 Å². The van der Waals surface area contributed by atoms with E-state index in [0.717, 1.165) is 6.42 Å². The number of ether oxygens (including phenoxy) is 1. The van der Waals surface area contributed by atoms with Crippen LogP contribution in [0.3, 0.4) is 0 Å². The highest BCUT2D eigenvalue weighted by molar-refractivity contribution is 7.91. The molecule has 7 heteroatoms. The van der Waals surface area contributed by atoms with Gasteiger partial charge in [0.15, 0.2) is 9.84 Å². The average Bonchev–Trinajstić information content (AvgIpc) is 2.40. The highest BCUT2D eigenvalue weighted by Gasteiger charge is 2.36. The second-order valence-corrected chi connectivity index (χ2v) is 7.50. The Kier molecular flexibility index (Phi) is 4.60. The number of carboxylic acids is 1. The summed E-state index contributed by atoms with van der Waals surface area (Å²) in [7, 11) is -3.50. The topological polar surface area (TPSA) is 80.7 Å². The van der Waals surface area contributed by atoms with Crippen molar-refractivity contribution in [2.75, 3.05) is 12.4 Å². The Hall–Kier alpha value is -1.11. The number of hydrogen-bond acceptors (Lipinski definition) is 4. The zero-order chi connectivity index (χ0) is 15.8. The van der Waals surface area contributed by atoms with E-state index >= 15 is 0 Å². The summed E-state index contributed by atoms with van der Waals surface area (Å²) < 4.78 is 30.2. The number of rotatable bonds is 4. The first kappa shape index (κ1) is 16.3. The van der Waals surface area contributed by atoms with Gasteiger partial charge < -0.3 is 9.84 Å². The number of carboxylic acid groups (broad SMARTS) is 1. The van der Waals surface area contributed by atoms with Gasteiger partial charge in [-0.15, -0.1) is 0 Å². The van der Waals surface area contributed by atoms with Gasteiger partial charge in [0.25, 0.3) is 0 Å². The predicted octanol–water partition coefficient (Wildman–Crippen LogP) is 2.99. The molecular formula is C14H17ClO5S. The van der Waals surface area contributed by atoms with E-state index < -0.39 is 21.9 Å². The quantitative estimate of drug-likeness (QED) is 0.916. The fourth-order valence-corrected chi connectivity index (χ4v) is 4.87. The van der Waals surface area contributed by atoms with Crippen LogP contribution in [-0.2, 0) is 14.6 Å². The number of sulfone groups is 1. The summed E-state index contributed by atoms with van der Waals surface area (Å²) >= 11 is 6.05. The van der Waals surface area contributed by atoms with Crippen LogP contribution in [0.5, 0.6) is 0 Å². The molecule has 2 rings (SSSR count). The minimum atomic E-state index is -3.50. The summed E-state index contributed by atoms with van der Waals surface area (Å²) in [5.74, 6) is -1.17. The first-order valence-corrected chi connectivity index (χ1v) is 8.73. The van der Waals surface area contributed by atoms with Gasteiger partial charge in [-0.05, 0) is 31.4 Å². The highest BCUT2D eigenvalue weighted by atomic mass is 35.5. The highest BCUT2D eigenvalue weighted by Crippen LogP contribution is 2.42. The largest absolute Gasteiger partial charge is 0.478 e. The summed E-state index contributed by atoms with van der Waals surface area (Å²) in [6.07, 6.45) is 0.680. The fraction of sp³-hybridized carbons (Fsp3) is 0.500. The molecule has 0 bridgehead atoms. The molecule has 0 radical (unpaired) electrons. The molecule has 0 spiro atoms. The minimum Gasteiger partial charge on any atom is -0.478 e. The maximum absolute atomic E-state index is 12.3. The number of halogens is 1. The SMILES string of the molecule is CCCOC1CCS(=O)(=O)c2c(Cl)cc(C(=O)O)c(C)c21. The maximum atomic E-state index is 12.3. The summed E-state index contributed by atoms with van der Waals surface area (Å²) in [6.45, 7) is 4.04. The molecule has 0 saturated heterocycles. The van der Waals surface area contributed by atoms with Crippen LogP contribution in [0.1, 0.15) is 47.4 Å². The molecule has 1 aromatic rings. The molecule has 1 atom stereocenters. The lowest BCUT2D eigenvalue weighted by Crippen LogP contribution is -2.25. The van der Waals surface area contributed by atoms with E-state index in [1.54, 1.807) is 6.92 Å². The molecule has 0 saturated carbocycles. The second kappa shape index (κ2) is 5.94. The maximum Gasteiger partial charge on any atom is 0.336 e. The number of hydrogen-bond donors (Lipinski definition) is 1. The van der Waals surface area contributed by atoms with Crippen molar-refractivity contribution in [3.05, 3.63) is 27.8 Å². The lowest BCUT2D eigenvalue weighted by Gasteiger charge is -2.28. The molecule has 5 nitrogen and oxygen atoms in total. The molecule has 0 aromatic heterocycles. The van der Waals surface area contributed by atoms with E-state index in [1.807, 2.05) is 6.92 Å².